The minimum atomic E-state index is -0.435. The van der Waals surface area contributed by atoms with Gasteiger partial charge in [-0.3, -0.25) is 4.79 Å². The first-order valence-electron chi connectivity index (χ1n) is 10.1. The van der Waals surface area contributed by atoms with Crippen molar-refractivity contribution in [2.75, 3.05) is 27.8 Å². The van der Waals surface area contributed by atoms with Crippen LogP contribution in [0, 0.1) is 0 Å². The number of esters is 1. The number of allylic oxidation sites excluding steroid dienone is 1. The topological polar surface area (TPSA) is 80.3 Å². The molecule has 0 saturated heterocycles. The number of carbonyl (C=O) groups is 2. The molecule has 0 bridgehead atoms. The van der Waals surface area contributed by atoms with E-state index >= 15 is 0 Å². The Balaban J connectivity index is 1.67. The number of ether oxygens (including phenoxy) is 5. The third-order valence-electron chi connectivity index (χ3n) is 4.42. The highest BCUT2D eigenvalue weighted by Crippen LogP contribution is 2.26. The lowest BCUT2D eigenvalue weighted by Gasteiger charge is -2.11. The van der Waals surface area contributed by atoms with Crippen molar-refractivity contribution in [3.63, 3.8) is 0 Å². The van der Waals surface area contributed by atoms with E-state index < -0.39 is 5.97 Å². The van der Waals surface area contributed by atoms with Gasteiger partial charge in [0.15, 0.2) is 19.4 Å². The highest BCUT2D eigenvalue weighted by atomic mass is 16.7. The van der Waals surface area contributed by atoms with Crippen molar-refractivity contribution in [3.05, 3.63) is 95.6 Å². The molecule has 7 nitrogen and oxygen atoms in total. The molecule has 3 rings (SSSR count). The van der Waals surface area contributed by atoms with E-state index in [0.29, 0.717) is 28.4 Å². The fourth-order valence-electron chi connectivity index (χ4n) is 2.81. The van der Waals surface area contributed by atoms with Crippen molar-refractivity contribution in [2.24, 2.45) is 0 Å². The summed E-state index contributed by atoms with van der Waals surface area (Å²) in [4.78, 5) is 24.9. The Labute approximate surface area is 192 Å². The average Bonchev–Trinajstić information content (AvgIpc) is 2.86. The summed E-state index contributed by atoms with van der Waals surface area (Å²) in [5.41, 5.74) is 1.60. The summed E-state index contributed by atoms with van der Waals surface area (Å²) in [5.74, 6) is 0.566. The first-order valence-corrected chi connectivity index (χ1v) is 10.1. The number of hydrogen-bond donors (Lipinski definition) is 0. The van der Waals surface area contributed by atoms with Crippen LogP contribution in [0.4, 0.5) is 0 Å². The molecule has 0 saturated carbocycles. The van der Waals surface area contributed by atoms with Crippen molar-refractivity contribution in [3.8, 4) is 17.2 Å². The van der Waals surface area contributed by atoms with Crippen LogP contribution < -0.4 is 14.2 Å². The number of hydrogen-bond acceptors (Lipinski definition) is 7. The predicted molar refractivity (Wildman–Crippen MR) is 123 cm³/mol. The molecule has 33 heavy (non-hydrogen) atoms. The highest BCUT2D eigenvalue weighted by molar-refractivity contribution is 6.08. The van der Waals surface area contributed by atoms with Crippen LogP contribution in [0.25, 0.3) is 6.08 Å². The summed E-state index contributed by atoms with van der Waals surface area (Å²) in [6, 6.07) is 20.5. The molecule has 0 aromatic heterocycles. The Morgan fingerprint density at radius 2 is 1.45 bits per heavy atom. The summed E-state index contributed by atoms with van der Waals surface area (Å²) in [7, 11) is 3.01. The first-order chi connectivity index (χ1) is 16.1. The van der Waals surface area contributed by atoms with E-state index in [0.717, 1.165) is 5.56 Å². The Bertz CT molecular complexity index is 1090. The Hall–Kier alpha value is -3.94. The molecule has 0 fully saturated rings. The monoisotopic (exact) mass is 448 g/mol. The molecule has 0 radical (unpaired) electrons. The van der Waals surface area contributed by atoms with Gasteiger partial charge in [0.2, 0.25) is 0 Å². The fraction of sp³-hybridized carbons (Fsp3) is 0.154. The third kappa shape index (κ3) is 7.03. The van der Waals surface area contributed by atoms with Gasteiger partial charge in [-0.15, -0.1) is 0 Å². The maximum absolute atomic E-state index is 12.8. The molecule has 3 aromatic rings. The molecular formula is C26H24O7. The number of methoxy groups -OCH3 is 2. The lowest BCUT2D eigenvalue weighted by Crippen LogP contribution is -2.07. The smallest absolute Gasteiger partial charge is 0.343 e. The van der Waals surface area contributed by atoms with Gasteiger partial charge in [0.05, 0.1) is 11.1 Å². The van der Waals surface area contributed by atoms with Crippen LogP contribution in [0.3, 0.4) is 0 Å². The summed E-state index contributed by atoms with van der Waals surface area (Å²) in [6.07, 6.45) is 3.11. The normalized spacial score (nSPS) is 10.7. The standard InChI is InChI=1S/C26H24O7/c1-29-17-31-22-13-14-23(25(16-22)32-18-30-2)24(27)15-10-19-8-11-21(12-9-19)33-26(28)20-6-4-3-5-7-20/h3-16H,17-18H2,1-2H3/b15-10-. The summed E-state index contributed by atoms with van der Waals surface area (Å²) < 4.78 is 26.1. The van der Waals surface area contributed by atoms with E-state index in [2.05, 4.69) is 0 Å². The minimum Gasteiger partial charge on any atom is -0.467 e. The van der Waals surface area contributed by atoms with Gasteiger partial charge in [0.25, 0.3) is 0 Å². The van der Waals surface area contributed by atoms with Crippen LogP contribution >= 0.6 is 0 Å². The predicted octanol–water partition coefficient (Wildman–Crippen LogP) is 4.77. The second-order valence-electron chi connectivity index (χ2n) is 6.78. The SMILES string of the molecule is COCOc1ccc(C(=O)/C=C\c2ccc(OC(=O)c3ccccc3)cc2)c(OCOC)c1. The van der Waals surface area contributed by atoms with Crippen LogP contribution in [0.1, 0.15) is 26.3 Å². The van der Waals surface area contributed by atoms with Gasteiger partial charge < -0.3 is 23.7 Å². The molecule has 0 unspecified atom stereocenters. The van der Waals surface area contributed by atoms with E-state index in [9.17, 15) is 9.59 Å². The second-order valence-corrected chi connectivity index (χ2v) is 6.78. The Morgan fingerprint density at radius 1 is 0.788 bits per heavy atom. The van der Waals surface area contributed by atoms with Crippen molar-refractivity contribution < 1.29 is 33.3 Å². The minimum absolute atomic E-state index is 0.0130. The van der Waals surface area contributed by atoms with Crippen LogP contribution in [0.5, 0.6) is 17.2 Å². The van der Waals surface area contributed by atoms with Crippen molar-refractivity contribution in [2.45, 2.75) is 0 Å². The van der Waals surface area contributed by atoms with Gasteiger partial charge in [0, 0.05) is 20.3 Å². The molecule has 0 aliphatic carbocycles. The zero-order valence-electron chi connectivity index (χ0n) is 18.4. The number of benzene rings is 3. The zero-order chi connectivity index (χ0) is 23.5. The fourth-order valence-corrected chi connectivity index (χ4v) is 2.81. The molecule has 3 aromatic carbocycles. The largest absolute Gasteiger partial charge is 0.467 e. The van der Waals surface area contributed by atoms with E-state index in [-0.39, 0.29) is 19.4 Å². The second kappa shape index (κ2) is 12.2. The molecule has 0 aliphatic rings. The molecule has 0 aliphatic heterocycles. The summed E-state index contributed by atoms with van der Waals surface area (Å²) in [5, 5.41) is 0. The van der Waals surface area contributed by atoms with Gasteiger partial charge >= 0.3 is 5.97 Å². The molecule has 170 valence electrons. The lowest BCUT2D eigenvalue weighted by atomic mass is 10.1. The van der Waals surface area contributed by atoms with Gasteiger partial charge in [-0.05, 0) is 48.0 Å². The summed E-state index contributed by atoms with van der Waals surface area (Å²) >= 11 is 0. The van der Waals surface area contributed by atoms with E-state index in [1.807, 2.05) is 6.07 Å². The Morgan fingerprint density at radius 3 is 2.15 bits per heavy atom. The maximum atomic E-state index is 12.8. The van der Waals surface area contributed by atoms with Crippen LogP contribution in [0.2, 0.25) is 0 Å². The summed E-state index contributed by atoms with van der Waals surface area (Å²) in [6.45, 7) is 0.0639. The quantitative estimate of drug-likeness (QED) is 0.137. The van der Waals surface area contributed by atoms with Gasteiger partial charge in [0.1, 0.15) is 17.2 Å². The molecular weight excluding hydrogens is 424 g/mol. The maximum Gasteiger partial charge on any atom is 0.343 e. The van der Waals surface area contributed by atoms with Crippen LogP contribution in [-0.2, 0) is 9.47 Å². The average molecular weight is 448 g/mol. The molecule has 0 amide bonds. The highest BCUT2D eigenvalue weighted by Gasteiger charge is 2.12. The van der Waals surface area contributed by atoms with Gasteiger partial charge in [-0.2, -0.15) is 0 Å². The van der Waals surface area contributed by atoms with E-state index in [1.165, 1.54) is 20.3 Å². The van der Waals surface area contributed by atoms with Crippen molar-refractivity contribution in [1.82, 2.24) is 0 Å². The zero-order valence-corrected chi connectivity index (χ0v) is 18.4. The van der Waals surface area contributed by atoms with Gasteiger partial charge in [-0.1, -0.05) is 36.4 Å². The van der Waals surface area contributed by atoms with Crippen molar-refractivity contribution >= 4 is 17.8 Å². The van der Waals surface area contributed by atoms with Crippen LogP contribution in [-0.4, -0.2) is 39.6 Å². The van der Waals surface area contributed by atoms with Crippen molar-refractivity contribution in [1.29, 1.82) is 0 Å². The van der Waals surface area contributed by atoms with Gasteiger partial charge in [-0.25, -0.2) is 4.79 Å². The van der Waals surface area contributed by atoms with E-state index in [4.69, 9.17) is 23.7 Å². The first kappa shape index (κ1) is 23.7. The molecule has 0 N–H and O–H groups in total. The molecule has 0 spiro atoms. The third-order valence-corrected chi connectivity index (χ3v) is 4.42. The number of carbonyl (C=O) groups excluding carboxylic acids is 2. The molecule has 0 heterocycles. The van der Waals surface area contributed by atoms with Crippen LogP contribution in [0.15, 0.2) is 78.9 Å². The lowest BCUT2D eigenvalue weighted by molar-refractivity contribution is 0.0456. The number of rotatable bonds is 11. The molecule has 7 heteroatoms. The molecule has 0 atom stereocenters. The Kier molecular flexibility index (Phi) is 8.76. The number of ketones is 1. The van der Waals surface area contributed by atoms with E-state index in [1.54, 1.807) is 72.8 Å².